The lowest BCUT2D eigenvalue weighted by Crippen LogP contribution is -2.32. The van der Waals surface area contributed by atoms with Crippen LogP contribution in [0.2, 0.25) is 0 Å². The van der Waals surface area contributed by atoms with Crippen LogP contribution in [-0.4, -0.2) is 16.2 Å². The third kappa shape index (κ3) is 5.22. The van der Waals surface area contributed by atoms with Gasteiger partial charge in [-0.25, -0.2) is 9.35 Å². The van der Waals surface area contributed by atoms with E-state index in [2.05, 4.69) is 4.36 Å². The summed E-state index contributed by atoms with van der Waals surface area (Å²) >= 11 is 0. The Kier molecular flexibility index (Phi) is 6.07. The number of hydrogen-bond donors (Lipinski definition) is 2. The summed E-state index contributed by atoms with van der Waals surface area (Å²) in [6, 6.07) is 6.29. The Morgan fingerprint density at radius 2 is 1.90 bits per heavy atom. The quantitative estimate of drug-likeness (QED) is 0.873. The van der Waals surface area contributed by atoms with Crippen molar-refractivity contribution < 1.29 is 9.00 Å². The van der Waals surface area contributed by atoms with Gasteiger partial charge in [-0.2, -0.15) is 0 Å². The van der Waals surface area contributed by atoms with Crippen molar-refractivity contribution in [2.75, 3.05) is 0 Å². The average Bonchev–Trinajstić information content (AvgIpc) is 2.37. The molecule has 0 fully saturated rings. The minimum atomic E-state index is -3.25. The molecule has 6 heteroatoms. The molecule has 0 spiro atoms. The zero-order valence-electron chi connectivity index (χ0n) is 13.1. The Morgan fingerprint density at radius 1 is 1.29 bits per heavy atom. The maximum absolute atomic E-state index is 12.5. The fraction of sp³-hybridized carbons (Fsp3) is 0.533. The molecule has 0 aliphatic carbocycles. The van der Waals surface area contributed by atoms with E-state index >= 15 is 0 Å². The molecule has 4 N–H and O–H groups in total. The molecule has 5 nitrogen and oxygen atoms in total. The minimum Gasteiger partial charge on any atom is -0.320 e. The molecule has 0 aliphatic rings. The van der Waals surface area contributed by atoms with E-state index in [4.69, 9.17) is 10.9 Å². The zero-order valence-corrected chi connectivity index (χ0v) is 13.9. The fourth-order valence-corrected chi connectivity index (χ4v) is 3.00. The van der Waals surface area contributed by atoms with Crippen LogP contribution < -0.4 is 10.9 Å². The maximum Gasteiger partial charge on any atom is 0.271 e. The van der Waals surface area contributed by atoms with Crippen molar-refractivity contribution >= 4 is 15.8 Å². The summed E-state index contributed by atoms with van der Waals surface area (Å²) in [6.07, 6.45) is 0.490. The number of amides is 1. The zero-order chi connectivity index (χ0) is 16.2. The summed E-state index contributed by atoms with van der Waals surface area (Å²) in [6.45, 7) is 7.97. The van der Waals surface area contributed by atoms with Gasteiger partial charge < -0.3 is 5.73 Å². The molecular formula is C15H25N3O2S. The number of nitrogens with zero attached hydrogens (tertiary/aromatic N) is 1. The number of benzene rings is 1. The summed E-state index contributed by atoms with van der Waals surface area (Å²) < 4.78 is 16.2. The van der Waals surface area contributed by atoms with Crippen LogP contribution in [0.4, 0.5) is 0 Å². The van der Waals surface area contributed by atoms with Gasteiger partial charge in [-0.15, -0.1) is 4.36 Å². The van der Waals surface area contributed by atoms with E-state index in [-0.39, 0.29) is 11.8 Å². The van der Waals surface area contributed by atoms with Gasteiger partial charge in [0, 0.05) is 0 Å². The number of nitrogens with two attached hydrogens (primary N) is 2. The lowest BCUT2D eigenvalue weighted by molar-refractivity contribution is -0.119. The lowest BCUT2D eigenvalue weighted by atomic mass is 10.0. The van der Waals surface area contributed by atoms with Gasteiger partial charge in [0.05, 0.1) is 10.9 Å². The molecule has 0 saturated heterocycles. The topological polar surface area (TPSA) is 98.5 Å². The van der Waals surface area contributed by atoms with Gasteiger partial charge in [0.1, 0.15) is 9.92 Å². The first-order chi connectivity index (χ1) is 9.63. The molecule has 0 radical (unpaired) electrons. The van der Waals surface area contributed by atoms with E-state index in [9.17, 15) is 9.00 Å². The Hall–Kier alpha value is -1.24. The van der Waals surface area contributed by atoms with Crippen molar-refractivity contribution in [3.63, 3.8) is 0 Å². The van der Waals surface area contributed by atoms with Gasteiger partial charge in [0.2, 0.25) is 0 Å². The van der Waals surface area contributed by atoms with Gasteiger partial charge >= 0.3 is 0 Å². The molecule has 0 aromatic heterocycles. The van der Waals surface area contributed by atoms with E-state index in [0.29, 0.717) is 11.3 Å². The molecule has 0 bridgehead atoms. The van der Waals surface area contributed by atoms with Crippen LogP contribution in [0.5, 0.6) is 0 Å². The van der Waals surface area contributed by atoms with Crippen LogP contribution in [0.15, 0.2) is 33.5 Å². The molecular weight excluding hydrogens is 286 g/mol. The van der Waals surface area contributed by atoms with Gasteiger partial charge in [0.25, 0.3) is 5.91 Å². The van der Waals surface area contributed by atoms with Crippen LogP contribution >= 0.6 is 0 Å². The second-order valence-electron chi connectivity index (χ2n) is 5.96. The number of rotatable bonds is 5. The van der Waals surface area contributed by atoms with Gasteiger partial charge in [0.15, 0.2) is 0 Å². The predicted molar refractivity (Wildman–Crippen MR) is 86.0 cm³/mol. The monoisotopic (exact) mass is 311 g/mol. The van der Waals surface area contributed by atoms with Crippen molar-refractivity contribution in [2.24, 2.45) is 21.2 Å². The summed E-state index contributed by atoms with van der Waals surface area (Å²) in [7, 11) is -3.25. The van der Waals surface area contributed by atoms with E-state index in [1.54, 1.807) is 18.2 Å². The average molecular weight is 311 g/mol. The SMILES string of the molecule is CC(C)C[C@H](N)C(=O)N=S(N)(=O)c1cccc(C(C)C)c1. The first-order valence-corrected chi connectivity index (χ1v) is 8.65. The van der Waals surface area contributed by atoms with Crippen molar-refractivity contribution in [1.82, 2.24) is 0 Å². The van der Waals surface area contributed by atoms with Crippen LogP contribution in [0.25, 0.3) is 0 Å². The fourth-order valence-electron chi connectivity index (χ4n) is 1.92. The molecule has 1 aromatic carbocycles. The minimum absolute atomic E-state index is 0.261. The molecule has 1 rings (SSSR count). The standard InChI is InChI=1S/C15H25N3O2S/c1-10(2)8-14(16)15(19)18-21(17,20)13-7-5-6-12(9-13)11(3)4/h5-7,9-11,14H,8,16H2,1-4H3,(H2,17,18,19,20)/t14-,21?/m0/s1. The predicted octanol–water partition coefficient (Wildman–Crippen LogP) is 2.41. The number of hydrogen-bond acceptors (Lipinski definition) is 3. The number of carbonyl (C=O) groups is 1. The van der Waals surface area contributed by atoms with Crippen LogP contribution in [0, 0.1) is 5.92 Å². The van der Waals surface area contributed by atoms with Gasteiger partial charge in [-0.05, 0) is 36.0 Å². The van der Waals surface area contributed by atoms with Crippen LogP contribution in [0.1, 0.15) is 45.6 Å². The molecule has 118 valence electrons. The van der Waals surface area contributed by atoms with E-state index < -0.39 is 21.9 Å². The highest BCUT2D eigenvalue weighted by Crippen LogP contribution is 2.19. The van der Waals surface area contributed by atoms with Crippen LogP contribution in [0.3, 0.4) is 0 Å². The highest BCUT2D eigenvalue weighted by Gasteiger charge is 2.18. The third-order valence-corrected chi connectivity index (χ3v) is 4.51. The van der Waals surface area contributed by atoms with E-state index in [1.807, 2.05) is 33.8 Å². The second-order valence-corrected chi connectivity index (χ2v) is 7.75. The summed E-state index contributed by atoms with van der Waals surface area (Å²) in [5.41, 5.74) is 6.76. The normalized spacial score (nSPS) is 15.8. The molecule has 0 saturated carbocycles. The molecule has 0 aliphatic heterocycles. The summed E-state index contributed by atoms with van der Waals surface area (Å²) in [5.74, 6) is -0.0672. The lowest BCUT2D eigenvalue weighted by Gasteiger charge is -2.12. The van der Waals surface area contributed by atoms with Gasteiger partial charge in [-0.3, -0.25) is 4.79 Å². The Morgan fingerprint density at radius 3 is 2.43 bits per heavy atom. The molecule has 1 amide bonds. The molecule has 0 heterocycles. The van der Waals surface area contributed by atoms with Crippen LogP contribution in [-0.2, 0) is 14.7 Å². The van der Waals surface area contributed by atoms with Gasteiger partial charge in [-0.1, -0.05) is 39.8 Å². The maximum atomic E-state index is 12.5. The van der Waals surface area contributed by atoms with Crippen molar-refractivity contribution in [1.29, 1.82) is 0 Å². The van der Waals surface area contributed by atoms with E-state index in [1.165, 1.54) is 0 Å². The smallest absolute Gasteiger partial charge is 0.271 e. The first kappa shape index (κ1) is 17.8. The Labute approximate surface area is 127 Å². The Balaban J connectivity index is 3.09. The molecule has 21 heavy (non-hydrogen) atoms. The summed E-state index contributed by atoms with van der Waals surface area (Å²) in [4.78, 5) is 12.3. The van der Waals surface area contributed by atoms with Crippen molar-refractivity contribution in [2.45, 2.75) is 51.0 Å². The highest BCUT2D eigenvalue weighted by molar-refractivity contribution is 7.91. The highest BCUT2D eigenvalue weighted by atomic mass is 32.2. The summed E-state index contributed by atoms with van der Waals surface area (Å²) in [5, 5.41) is 5.76. The van der Waals surface area contributed by atoms with Crippen molar-refractivity contribution in [3.05, 3.63) is 29.8 Å². The molecule has 1 aromatic rings. The molecule has 1 unspecified atom stereocenters. The van der Waals surface area contributed by atoms with E-state index in [0.717, 1.165) is 5.56 Å². The Bertz CT molecular complexity index is 617. The third-order valence-electron chi connectivity index (χ3n) is 3.13. The molecule has 2 atom stereocenters. The largest absolute Gasteiger partial charge is 0.320 e. The first-order valence-electron chi connectivity index (χ1n) is 7.07. The van der Waals surface area contributed by atoms with Crippen molar-refractivity contribution in [3.8, 4) is 0 Å². The number of carbonyl (C=O) groups excluding carboxylic acids is 1. The second kappa shape index (κ2) is 7.15.